The molecule has 5 atom stereocenters. The highest BCUT2D eigenvalue weighted by Crippen LogP contribution is 2.50. The largest absolute Gasteiger partial charge is 0.483 e. The van der Waals surface area contributed by atoms with Crippen LogP contribution in [0.25, 0.3) is 82.9 Å². The van der Waals surface area contributed by atoms with Crippen molar-refractivity contribution < 1.29 is 83.8 Å². The SMILES string of the molecule is CC(C)(O)[C@@H](COc1c2occc2cc2ccc(=O)oc12)OC(C)(C)[C@@H](COc1c2occc2cc2ccc(=O)oc12)OC(C)(C)[C@H](O)COc1c2c(cc3ccoc13)C=C[C@]1(O2)O[C@H](COc2c3occc3cc3ccc(=O)oc23)C(C)(C)O1. The molecule has 85 heavy (non-hydrogen) atoms. The van der Waals surface area contributed by atoms with Gasteiger partial charge in [0.25, 0.3) is 0 Å². The lowest BCUT2D eigenvalue weighted by atomic mass is 9.95. The molecule has 2 aliphatic rings. The summed E-state index contributed by atoms with van der Waals surface area (Å²) in [7, 11) is 0. The van der Waals surface area contributed by atoms with Gasteiger partial charge in [0.2, 0.25) is 23.0 Å². The highest BCUT2D eigenvalue weighted by Gasteiger charge is 2.55. The number of hydrogen-bond acceptors (Lipinski definition) is 21. The molecule has 0 unspecified atom stereocenters. The van der Waals surface area contributed by atoms with Gasteiger partial charge in [-0.15, -0.1) is 0 Å². The number of furan rings is 4. The Bertz CT molecular complexity index is 4590. The molecule has 2 aliphatic heterocycles. The lowest BCUT2D eigenvalue weighted by Crippen LogP contribution is -2.56. The minimum absolute atomic E-state index is 0.0827. The maximum absolute atomic E-state index is 12.7. The number of aliphatic hydroxyl groups is 2. The van der Waals surface area contributed by atoms with Crippen molar-refractivity contribution in [2.75, 3.05) is 26.4 Å². The number of fused-ring (bicyclic) bond motifs is 8. The number of benzene rings is 4. The Morgan fingerprint density at radius 2 is 0.941 bits per heavy atom. The van der Waals surface area contributed by atoms with Gasteiger partial charge in [-0.2, -0.15) is 0 Å². The summed E-state index contributed by atoms with van der Waals surface area (Å²) in [5.74, 6) is -1.03. The molecule has 0 aliphatic carbocycles. The first-order valence-electron chi connectivity index (χ1n) is 27.4. The molecular weight excluding hydrogens is 1100 g/mol. The molecule has 0 saturated carbocycles. The minimum atomic E-state index is -1.80. The molecule has 440 valence electrons. The fourth-order valence-electron chi connectivity index (χ4n) is 10.7. The summed E-state index contributed by atoms with van der Waals surface area (Å²) < 4.78 is 100. The summed E-state index contributed by atoms with van der Waals surface area (Å²) in [6.07, 6.45) is 4.96. The lowest BCUT2D eigenvalue weighted by molar-refractivity contribution is -0.271. The zero-order valence-corrected chi connectivity index (χ0v) is 47.3. The van der Waals surface area contributed by atoms with Crippen LogP contribution in [-0.2, 0) is 18.9 Å². The monoisotopic (exact) mass is 1160 g/mol. The summed E-state index contributed by atoms with van der Waals surface area (Å²) in [5, 5.41) is 28.7. The molecule has 7 aromatic heterocycles. The molecule has 11 aromatic rings. The molecule has 9 heterocycles. The lowest BCUT2D eigenvalue weighted by Gasteiger charge is -2.44. The van der Waals surface area contributed by atoms with Gasteiger partial charge in [0.1, 0.15) is 50.8 Å². The molecule has 21 nitrogen and oxygen atoms in total. The summed E-state index contributed by atoms with van der Waals surface area (Å²) in [6.45, 7) is 12.4. The van der Waals surface area contributed by atoms with Crippen LogP contribution in [0.3, 0.4) is 0 Å². The predicted molar refractivity (Wildman–Crippen MR) is 308 cm³/mol. The van der Waals surface area contributed by atoms with Crippen molar-refractivity contribution in [3.05, 3.63) is 153 Å². The predicted octanol–water partition coefficient (Wildman–Crippen LogP) is 11.3. The van der Waals surface area contributed by atoms with Crippen molar-refractivity contribution in [1.82, 2.24) is 0 Å². The second-order valence-electron chi connectivity index (χ2n) is 23.3. The van der Waals surface area contributed by atoms with Gasteiger partial charge < -0.3 is 83.8 Å². The van der Waals surface area contributed by atoms with Crippen LogP contribution in [0.4, 0.5) is 0 Å². The fourth-order valence-corrected chi connectivity index (χ4v) is 10.7. The van der Waals surface area contributed by atoms with E-state index in [4.69, 9.17) is 73.6 Å². The average molecular weight is 1160 g/mol. The Morgan fingerprint density at radius 1 is 0.518 bits per heavy atom. The van der Waals surface area contributed by atoms with Crippen molar-refractivity contribution in [3.63, 3.8) is 0 Å². The normalized spacial score (nSPS) is 18.3. The van der Waals surface area contributed by atoms with E-state index in [0.29, 0.717) is 60.2 Å². The van der Waals surface area contributed by atoms with Crippen molar-refractivity contribution in [3.8, 4) is 28.7 Å². The van der Waals surface area contributed by atoms with E-state index in [2.05, 4.69) is 0 Å². The van der Waals surface area contributed by atoms with Gasteiger partial charge in [-0.1, -0.05) is 0 Å². The second-order valence-corrected chi connectivity index (χ2v) is 23.3. The van der Waals surface area contributed by atoms with Crippen LogP contribution in [0.15, 0.2) is 161 Å². The third kappa shape index (κ3) is 10.2. The average Bonchev–Trinajstić information content (AvgIpc) is 2.25. The topological polar surface area (TPSA) is 267 Å². The maximum atomic E-state index is 12.7. The summed E-state index contributed by atoms with van der Waals surface area (Å²) in [5.41, 5.74) is -4.99. The van der Waals surface area contributed by atoms with E-state index in [1.807, 2.05) is 26.0 Å². The number of aliphatic hydroxyl groups excluding tert-OH is 1. The van der Waals surface area contributed by atoms with Gasteiger partial charge in [-0.3, -0.25) is 0 Å². The van der Waals surface area contributed by atoms with Crippen LogP contribution in [-0.4, -0.2) is 89.4 Å². The molecule has 2 N–H and O–H groups in total. The zero-order chi connectivity index (χ0) is 59.4. The second kappa shape index (κ2) is 20.5. The third-order valence-corrected chi connectivity index (χ3v) is 15.5. The van der Waals surface area contributed by atoms with Gasteiger partial charge in [-0.05, 0) is 128 Å². The van der Waals surface area contributed by atoms with Crippen molar-refractivity contribution in [2.45, 2.75) is 108 Å². The van der Waals surface area contributed by atoms with Crippen LogP contribution in [0.2, 0.25) is 0 Å². The molecule has 1 fully saturated rings. The maximum Gasteiger partial charge on any atom is 0.350 e. The number of ether oxygens (including phenoxy) is 9. The van der Waals surface area contributed by atoms with Gasteiger partial charge >= 0.3 is 22.8 Å². The third-order valence-electron chi connectivity index (χ3n) is 15.5. The summed E-state index contributed by atoms with van der Waals surface area (Å²) in [6, 6.07) is 23.2. The van der Waals surface area contributed by atoms with Crippen LogP contribution in [0.1, 0.15) is 61.0 Å². The Balaban J connectivity index is 0.775. The molecule has 1 spiro atoms. The van der Waals surface area contributed by atoms with E-state index < -0.39 is 76.3 Å². The number of rotatable bonds is 19. The van der Waals surface area contributed by atoms with Gasteiger partial charge in [0, 0.05) is 67.5 Å². The Labute approximate surface area is 481 Å². The van der Waals surface area contributed by atoms with Gasteiger partial charge in [0.15, 0.2) is 44.8 Å². The first-order chi connectivity index (χ1) is 40.5. The fraction of sp³-hybridized carbons (Fsp3) is 0.328. The molecule has 0 amide bonds. The molecule has 13 rings (SSSR count). The Kier molecular flexibility index (Phi) is 13.3. The van der Waals surface area contributed by atoms with Crippen molar-refractivity contribution >= 4 is 82.9 Å². The van der Waals surface area contributed by atoms with E-state index in [1.54, 1.807) is 108 Å². The van der Waals surface area contributed by atoms with Gasteiger partial charge in [0.05, 0.1) is 47.5 Å². The van der Waals surface area contributed by atoms with Crippen LogP contribution >= 0.6 is 0 Å². The van der Waals surface area contributed by atoms with Crippen molar-refractivity contribution in [2.24, 2.45) is 0 Å². The summed E-state index contributed by atoms with van der Waals surface area (Å²) in [4.78, 5) is 37.6. The van der Waals surface area contributed by atoms with E-state index in [-0.39, 0.29) is 65.3 Å². The van der Waals surface area contributed by atoms with Gasteiger partial charge in [-0.25, -0.2) is 14.4 Å². The van der Waals surface area contributed by atoms with Crippen LogP contribution in [0, 0.1) is 0 Å². The molecule has 1 saturated heterocycles. The molecule has 21 heteroatoms. The zero-order valence-electron chi connectivity index (χ0n) is 47.3. The van der Waals surface area contributed by atoms with E-state index in [9.17, 15) is 24.6 Å². The van der Waals surface area contributed by atoms with E-state index in [0.717, 1.165) is 5.39 Å². The smallest absolute Gasteiger partial charge is 0.350 e. The first kappa shape index (κ1) is 55.4. The minimum Gasteiger partial charge on any atom is -0.483 e. The highest BCUT2D eigenvalue weighted by molar-refractivity contribution is 6.02. The molecular formula is C64H58O21. The highest BCUT2D eigenvalue weighted by atomic mass is 16.9. The Morgan fingerprint density at radius 3 is 1.44 bits per heavy atom. The molecule has 0 bridgehead atoms. The van der Waals surface area contributed by atoms with E-state index >= 15 is 0 Å². The molecule has 0 radical (unpaired) electrons. The Hall–Kier alpha value is -8.83. The first-order valence-corrected chi connectivity index (χ1v) is 27.4. The summed E-state index contributed by atoms with van der Waals surface area (Å²) >= 11 is 0. The standard InChI is InChI=1S/C64H58O21/c1-60(2,69)42(30-75-56-48-37(16-21-70-48)25-33-9-12-45(66)78-52(33)56)81-62(5,6)43(31-76-57-49-38(17-22-71-49)26-34-10-13-46(67)79-53(34)57)82-61(3,4)41(65)29-74-59-51-40(19-24-73-51)28-36-15-20-64(84-55(36)59)83-44(63(7,8)85-64)32-77-58-50-39(18-23-72-50)27-35-11-14-47(68)80-54(35)58/h9-28,41-44,65,69H,29-32H2,1-8H3/t41-,42-,43-,44-,64-/m1/s1. The van der Waals surface area contributed by atoms with Crippen LogP contribution < -0.4 is 40.6 Å². The van der Waals surface area contributed by atoms with Crippen LogP contribution in [0.5, 0.6) is 28.7 Å². The number of hydrogen-bond donors (Lipinski definition) is 2. The molecule has 4 aromatic carbocycles. The van der Waals surface area contributed by atoms with Crippen molar-refractivity contribution in [1.29, 1.82) is 0 Å². The quantitative estimate of drug-likeness (QED) is 0.0712. The van der Waals surface area contributed by atoms with E-state index in [1.165, 1.54) is 43.3 Å².